The summed E-state index contributed by atoms with van der Waals surface area (Å²) in [7, 11) is 2.82. The van der Waals surface area contributed by atoms with Crippen LogP contribution < -0.4 is 0 Å². The third kappa shape index (κ3) is 3.61. The Labute approximate surface area is 104 Å². The number of methoxy groups -OCH3 is 2. The van der Waals surface area contributed by atoms with E-state index in [-0.39, 0.29) is 13.6 Å². The fourth-order valence-corrected chi connectivity index (χ4v) is 1.61. The molecule has 8 nitrogen and oxygen atoms in total. The zero-order valence-corrected chi connectivity index (χ0v) is 10.3. The average molecular weight is 266 g/mol. The Morgan fingerprint density at radius 1 is 1.28 bits per heavy atom. The second-order valence-corrected chi connectivity index (χ2v) is 3.68. The summed E-state index contributed by atoms with van der Waals surface area (Å²) in [5.74, 6) is -0.675. The molecule has 0 aromatic rings. The molecule has 1 aliphatic rings. The van der Waals surface area contributed by atoms with Crippen LogP contribution in [0.25, 0.3) is 0 Å². The number of hydrogen-bond acceptors (Lipinski definition) is 8. The molecule has 0 unspecified atom stereocenters. The molecule has 0 saturated carbocycles. The van der Waals surface area contributed by atoms with Crippen LogP contribution in [-0.2, 0) is 28.5 Å². The summed E-state index contributed by atoms with van der Waals surface area (Å²) in [5.41, 5.74) is 0. The highest BCUT2D eigenvalue weighted by molar-refractivity contribution is 5.78. The highest BCUT2D eigenvalue weighted by Gasteiger charge is 2.49. The predicted molar refractivity (Wildman–Crippen MR) is 56.5 cm³/mol. The Kier molecular flexibility index (Phi) is 6.47. The molecule has 4 atom stereocenters. The number of hydrogen-bond donors (Lipinski definition) is 2. The number of aliphatic hydroxyl groups is 2. The third-order valence-corrected chi connectivity index (χ3v) is 2.42. The number of cyclic esters (lactones) is 1. The minimum absolute atomic E-state index is 0.0944. The van der Waals surface area contributed by atoms with Crippen LogP contribution in [0.2, 0.25) is 0 Å². The van der Waals surface area contributed by atoms with Gasteiger partial charge in [0.05, 0.1) is 6.61 Å². The summed E-state index contributed by atoms with van der Waals surface area (Å²) < 4.78 is 24.7. The lowest BCUT2D eigenvalue weighted by molar-refractivity contribution is -0.164. The van der Waals surface area contributed by atoms with Crippen molar-refractivity contribution in [2.24, 2.45) is 0 Å². The predicted octanol–water partition coefficient (Wildman–Crippen LogP) is -1.76. The van der Waals surface area contributed by atoms with Crippen molar-refractivity contribution in [3.05, 3.63) is 0 Å². The molecule has 0 aromatic heterocycles. The van der Waals surface area contributed by atoms with E-state index in [1.165, 1.54) is 14.2 Å². The van der Waals surface area contributed by atoms with Crippen molar-refractivity contribution in [3.8, 4) is 0 Å². The molecular weight excluding hydrogens is 248 g/mol. The van der Waals surface area contributed by atoms with E-state index in [4.69, 9.17) is 28.8 Å². The van der Waals surface area contributed by atoms with Crippen LogP contribution in [0.5, 0.6) is 0 Å². The largest absolute Gasteiger partial charge is 0.455 e. The minimum atomic E-state index is -1.24. The molecule has 18 heavy (non-hydrogen) atoms. The molecule has 106 valence electrons. The smallest absolute Gasteiger partial charge is 0.338 e. The van der Waals surface area contributed by atoms with E-state index in [0.29, 0.717) is 0 Å². The van der Waals surface area contributed by atoms with Crippen molar-refractivity contribution < 1.29 is 38.7 Å². The molecule has 0 amide bonds. The Morgan fingerprint density at radius 3 is 2.44 bits per heavy atom. The van der Waals surface area contributed by atoms with E-state index in [0.717, 1.165) is 0 Å². The second kappa shape index (κ2) is 7.62. The van der Waals surface area contributed by atoms with Crippen LogP contribution in [0.1, 0.15) is 0 Å². The van der Waals surface area contributed by atoms with E-state index in [2.05, 4.69) is 0 Å². The fourth-order valence-electron chi connectivity index (χ4n) is 1.61. The summed E-state index contributed by atoms with van der Waals surface area (Å²) in [6.45, 7) is -0.765. The summed E-state index contributed by atoms with van der Waals surface area (Å²) in [5, 5.41) is 18.4. The van der Waals surface area contributed by atoms with Crippen LogP contribution in [0.15, 0.2) is 0 Å². The van der Waals surface area contributed by atoms with Crippen LogP contribution in [0.3, 0.4) is 0 Å². The Hall–Kier alpha value is -0.770. The normalized spacial score (nSPS) is 29.3. The van der Waals surface area contributed by atoms with Crippen molar-refractivity contribution in [2.75, 3.05) is 34.4 Å². The van der Waals surface area contributed by atoms with Gasteiger partial charge >= 0.3 is 5.97 Å². The first kappa shape index (κ1) is 15.3. The number of carbonyl (C=O) groups is 1. The molecule has 8 heteroatoms. The lowest BCUT2D eigenvalue weighted by Gasteiger charge is -2.23. The number of aliphatic hydroxyl groups excluding tert-OH is 2. The molecule has 0 aromatic carbocycles. The van der Waals surface area contributed by atoms with Crippen LogP contribution in [-0.4, -0.2) is 75.0 Å². The Bertz CT molecular complexity index is 258. The van der Waals surface area contributed by atoms with Gasteiger partial charge in [0, 0.05) is 14.2 Å². The maximum Gasteiger partial charge on any atom is 0.338 e. The van der Waals surface area contributed by atoms with Crippen molar-refractivity contribution in [1.82, 2.24) is 0 Å². The first-order valence-electron chi connectivity index (χ1n) is 5.36. The van der Waals surface area contributed by atoms with Gasteiger partial charge in [-0.15, -0.1) is 0 Å². The van der Waals surface area contributed by atoms with Crippen molar-refractivity contribution in [2.45, 2.75) is 24.4 Å². The van der Waals surface area contributed by atoms with Crippen LogP contribution in [0.4, 0.5) is 0 Å². The van der Waals surface area contributed by atoms with E-state index in [1.807, 2.05) is 0 Å². The van der Waals surface area contributed by atoms with Gasteiger partial charge in [-0.25, -0.2) is 4.79 Å². The Balaban J connectivity index is 2.70. The van der Waals surface area contributed by atoms with Gasteiger partial charge in [0.1, 0.15) is 25.8 Å². The lowest BCUT2D eigenvalue weighted by atomic mass is 10.1. The minimum Gasteiger partial charge on any atom is -0.455 e. The van der Waals surface area contributed by atoms with E-state index < -0.39 is 37.0 Å². The molecule has 2 N–H and O–H groups in total. The number of rotatable bonds is 8. The molecule has 1 rings (SSSR count). The molecule has 1 aliphatic heterocycles. The van der Waals surface area contributed by atoms with Gasteiger partial charge in [-0.1, -0.05) is 0 Å². The summed E-state index contributed by atoms with van der Waals surface area (Å²) in [6, 6.07) is 0. The molecule has 1 fully saturated rings. The fraction of sp³-hybridized carbons (Fsp3) is 0.900. The van der Waals surface area contributed by atoms with E-state index >= 15 is 0 Å². The van der Waals surface area contributed by atoms with Gasteiger partial charge in [-0.3, -0.25) is 0 Å². The topological polar surface area (TPSA) is 104 Å². The summed E-state index contributed by atoms with van der Waals surface area (Å²) in [4.78, 5) is 11.6. The van der Waals surface area contributed by atoms with Crippen molar-refractivity contribution in [1.29, 1.82) is 0 Å². The first-order valence-corrected chi connectivity index (χ1v) is 5.36. The highest BCUT2D eigenvalue weighted by atomic mass is 16.7. The molecular formula is C10H18O8. The molecule has 0 bridgehead atoms. The maximum absolute atomic E-state index is 11.6. The van der Waals surface area contributed by atoms with Crippen LogP contribution in [0, 0.1) is 0 Å². The zero-order valence-electron chi connectivity index (χ0n) is 10.3. The zero-order chi connectivity index (χ0) is 13.5. The van der Waals surface area contributed by atoms with Crippen molar-refractivity contribution in [3.63, 3.8) is 0 Å². The van der Waals surface area contributed by atoms with Gasteiger partial charge in [0.2, 0.25) is 0 Å². The van der Waals surface area contributed by atoms with Gasteiger partial charge in [-0.2, -0.15) is 0 Å². The number of carbonyl (C=O) groups excluding carboxylic acids is 1. The van der Waals surface area contributed by atoms with Crippen molar-refractivity contribution >= 4 is 5.97 Å². The molecule has 0 radical (unpaired) electrons. The molecule has 0 spiro atoms. The number of ether oxygens (including phenoxy) is 5. The SMILES string of the molecule is COCO[C@@H]1[C@@H]([C@@H](O)CO)OC(=O)[C@H]1OCOC. The number of esters is 1. The lowest BCUT2D eigenvalue weighted by Crippen LogP contribution is -2.43. The maximum atomic E-state index is 11.6. The average Bonchev–Trinajstić information content (AvgIpc) is 2.69. The quantitative estimate of drug-likeness (QED) is 0.393. The summed E-state index contributed by atoms with van der Waals surface area (Å²) in [6.07, 6.45) is -4.13. The van der Waals surface area contributed by atoms with Gasteiger partial charge in [0.25, 0.3) is 0 Å². The highest BCUT2D eigenvalue weighted by Crippen LogP contribution is 2.24. The molecule has 1 heterocycles. The van der Waals surface area contributed by atoms with Gasteiger partial charge < -0.3 is 33.9 Å². The standard InChI is InChI=1S/C10H18O8/c1-14-4-16-8-7(6(12)3-11)18-10(13)9(8)17-5-15-2/h6-9,11-12H,3-5H2,1-2H3/t6-,7+,8+,9-/m0/s1. The van der Waals surface area contributed by atoms with Crippen LogP contribution >= 0.6 is 0 Å². The Morgan fingerprint density at radius 2 is 1.89 bits per heavy atom. The van der Waals surface area contributed by atoms with E-state index in [1.54, 1.807) is 0 Å². The molecule has 0 aliphatic carbocycles. The van der Waals surface area contributed by atoms with Gasteiger partial charge in [-0.05, 0) is 0 Å². The van der Waals surface area contributed by atoms with E-state index in [9.17, 15) is 9.90 Å². The first-order chi connectivity index (χ1) is 8.65. The second-order valence-electron chi connectivity index (χ2n) is 3.68. The molecule has 1 saturated heterocycles. The summed E-state index contributed by atoms with van der Waals surface area (Å²) >= 11 is 0. The van der Waals surface area contributed by atoms with Gasteiger partial charge in [0.15, 0.2) is 12.2 Å². The third-order valence-electron chi connectivity index (χ3n) is 2.42. The monoisotopic (exact) mass is 266 g/mol.